The summed E-state index contributed by atoms with van der Waals surface area (Å²) in [7, 11) is 0. The molecular formula is C15H14N2O2. The third kappa shape index (κ3) is 2.06. The van der Waals surface area contributed by atoms with E-state index in [9.17, 15) is 9.90 Å². The zero-order valence-electron chi connectivity index (χ0n) is 10.3. The van der Waals surface area contributed by atoms with Crippen molar-refractivity contribution in [3.8, 4) is 0 Å². The van der Waals surface area contributed by atoms with E-state index in [0.717, 1.165) is 22.5 Å². The number of carbonyl (C=O) groups is 1. The van der Waals surface area contributed by atoms with Crippen molar-refractivity contribution in [1.29, 1.82) is 0 Å². The first-order chi connectivity index (χ1) is 9.29. The summed E-state index contributed by atoms with van der Waals surface area (Å²) < 4.78 is 0. The van der Waals surface area contributed by atoms with E-state index in [1.165, 1.54) is 0 Å². The maximum Gasteiger partial charge on any atom is 0.251 e. The SMILES string of the molecule is O=C1Nc2ccccc2C1Nc1ccccc1CO. The van der Waals surface area contributed by atoms with Crippen molar-refractivity contribution in [1.82, 2.24) is 0 Å². The smallest absolute Gasteiger partial charge is 0.251 e. The monoisotopic (exact) mass is 254 g/mol. The molecule has 0 bridgehead atoms. The van der Waals surface area contributed by atoms with Crippen LogP contribution in [0.15, 0.2) is 48.5 Å². The van der Waals surface area contributed by atoms with Gasteiger partial charge in [-0.1, -0.05) is 36.4 Å². The summed E-state index contributed by atoms with van der Waals surface area (Å²) in [6.07, 6.45) is 0. The second kappa shape index (κ2) is 4.74. The summed E-state index contributed by atoms with van der Waals surface area (Å²) in [5.41, 5.74) is 3.33. The van der Waals surface area contributed by atoms with Crippen molar-refractivity contribution in [3.63, 3.8) is 0 Å². The number of anilines is 2. The van der Waals surface area contributed by atoms with Crippen LogP contribution in [0.1, 0.15) is 17.2 Å². The molecule has 0 fully saturated rings. The third-order valence-electron chi connectivity index (χ3n) is 3.28. The van der Waals surface area contributed by atoms with Crippen LogP contribution in [0.4, 0.5) is 11.4 Å². The highest BCUT2D eigenvalue weighted by atomic mass is 16.3. The highest BCUT2D eigenvalue weighted by Crippen LogP contribution is 2.33. The van der Waals surface area contributed by atoms with Gasteiger partial charge in [-0.2, -0.15) is 0 Å². The number of aliphatic hydroxyl groups is 1. The fourth-order valence-corrected chi connectivity index (χ4v) is 2.31. The summed E-state index contributed by atoms with van der Waals surface area (Å²) in [4.78, 5) is 12.0. The Balaban J connectivity index is 1.93. The average molecular weight is 254 g/mol. The number of amides is 1. The van der Waals surface area contributed by atoms with E-state index < -0.39 is 6.04 Å². The number of nitrogens with one attached hydrogen (secondary N) is 2. The van der Waals surface area contributed by atoms with Gasteiger partial charge in [-0.25, -0.2) is 0 Å². The first-order valence-corrected chi connectivity index (χ1v) is 6.14. The molecule has 0 saturated heterocycles. The molecule has 0 spiro atoms. The Morgan fingerprint density at radius 2 is 1.84 bits per heavy atom. The van der Waals surface area contributed by atoms with E-state index in [0.29, 0.717) is 0 Å². The van der Waals surface area contributed by atoms with Crippen molar-refractivity contribution in [3.05, 3.63) is 59.7 Å². The molecule has 1 amide bonds. The molecule has 1 aliphatic rings. The van der Waals surface area contributed by atoms with Gasteiger partial charge in [-0.3, -0.25) is 4.79 Å². The quantitative estimate of drug-likeness (QED) is 0.787. The molecule has 1 aliphatic heterocycles. The summed E-state index contributed by atoms with van der Waals surface area (Å²) in [6.45, 7) is -0.0564. The molecule has 19 heavy (non-hydrogen) atoms. The Kier molecular flexibility index (Phi) is 2.93. The summed E-state index contributed by atoms with van der Waals surface area (Å²) in [5.74, 6) is -0.0751. The van der Waals surface area contributed by atoms with E-state index in [1.54, 1.807) is 0 Å². The largest absolute Gasteiger partial charge is 0.392 e. The molecule has 1 unspecified atom stereocenters. The van der Waals surface area contributed by atoms with Crippen molar-refractivity contribution in [2.75, 3.05) is 10.6 Å². The van der Waals surface area contributed by atoms with Crippen LogP contribution in [0, 0.1) is 0 Å². The van der Waals surface area contributed by atoms with E-state index >= 15 is 0 Å². The molecule has 0 radical (unpaired) electrons. The van der Waals surface area contributed by atoms with E-state index in [-0.39, 0.29) is 12.5 Å². The Bertz CT molecular complexity index is 625. The highest BCUT2D eigenvalue weighted by Gasteiger charge is 2.30. The first kappa shape index (κ1) is 11.7. The van der Waals surface area contributed by atoms with Crippen LogP contribution in [0.5, 0.6) is 0 Å². The van der Waals surface area contributed by atoms with Gasteiger partial charge in [0.2, 0.25) is 0 Å². The second-order valence-electron chi connectivity index (χ2n) is 4.47. The number of para-hydroxylation sites is 2. The van der Waals surface area contributed by atoms with Gasteiger partial charge in [0.25, 0.3) is 5.91 Å². The standard InChI is InChI=1S/C15H14N2O2/c18-9-10-5-1-3-7-12(10)16-14-11-6-2-4-8-13(11)17-15(14)19/h1-8,14,16,18H,9H2,(H,17,19). The van der Waals surface area contributed by atoms with Crippen molar-refractivity contribution in [2.45, 2.75) is 12.6 Å². The minimum atomic E-state index is -0.413. The van der Waals surface area contributed by atoms with Gasteiger partial charge in [-0.15, -0.1) is 0 Å². The molecule has 1 heterocycles. The first-order valence-electron chi connectivity index (χ1n) is 6.14. The summed E-state index contributed by atoms with van der Waals surface area (Å²) in [5, 5.41) is 15.3. The minimum absolute atomic E-state index is 0.0564. The molecule has 96 valence electrons. The highest BCUT2D eigenvalue weighted by molar-refractivity contribution is 6.04. The van der Waals surface area contributed by atoms with Crippen molar-refractivity contribution >= 4 is 17.3 Å². The van der Waals surface area contributed by atoms with E-state index in [1.807, 2.05) is 48.5 Å². The molecule has 4 nitrogen and oxygen atoms in total. The van der Waals surface area contributed by atoms with Gasteiger partial charge < -0.3 is 15.7 Å². The van der Waals surface area contributed by atoms with Gasteiger partial charge in [0.05, 0.1) is 6.61 Å². The Hall–Kier alpha value is -2.33. The molecule has 0 aromatic heterocycles. The van der Waals surface area contributed by atoms with Gasteiger partial charge in [0, 0.05) is 22.5 Å². The van der Waals surface area contributed by atoms with Crippen LogP contribution < -0.4 is 10.6 Å². The zero-order valence-corrected chi connectivity index (χ0v) is 10.3. The lowest BCUT2D eigenvalue weighted by Gasteiger charge is -2.15. The lowest BCUT2D eigenvalue weighted by atomic mass is 10.1. The lowest BCUT2D eigenvalue weighted by Crippen LogP contribution is -2.20. The summed E-state index contributed by atoms with van der Waals surface area (Å²) >= 11 is 0. The normalized spacial score (nSPS) is 16.9. The predicted molar refractivity (Wildman–Crippen MR) is 73.8 cm³/mol. The topological polar surface area (TPSA) is 61.4 Å². The van der Waals surface area contributed by atoms with Crippen LogP contribution in [0.3, 0.4) is 0 Å². The number of aliphatic hydroxyl groups excluding tert-OH is 1. The fraction of sp³-hybridized carbons (Fsp3) is 0.133. The Morgan fingerprint density at radius 3 is 2.68 bits per heavy atom. The maximum atomic E-state index is 12.0. The molecule has 3 N–H and O–H groups in total. The van der Waals surface area contributed by atoms with E-state index in [2.05, 4.69) is 10.6 Å². The molecule has 3 rings (SSSR count). The number of hydrogen-bond acceptors (Lipinski definition) is 3. The molecular weight excluding hydrogens is 240 g/mol. The number of benzene rings is 2. The number of rotatable bonds is 3. The maximum absolute atomic E-state index is 12.0. The molecule has 2 aromatic carbocycles. The van der Waals surface area contributed by atoms with E-state index in [4.69, 9.17) is 0 Å². The van der Waals surface area contributed by atoms with Crippen molar-refractivity contribution in [2.24, 2.45) is 0 Å². The van der Waals surface area contributed by atoms with Crippen LogP contribution in [0.25, 0.3) is 0 Å². The lowest BCUT2D eigenvalue weighted by molar-refractivity contribution is -0.116. The number of fused-ring (bicyclic) bond motifs is 1. The van der Waals surface area contributed by atoms with Gasteiger partial charge in [0.15, 0.2) is 0 Å². The van der Waals surface area contributed by atoms with Crippen molar-refractivity contribution < 1.29 is 9.90 Å². The number of carbonyl (C=O) groups excluding carboxylic acids is 1. The molecule has 0 aliphatic carbocycles. The van der Waals surface area contributed by atoms with Gasteiger partial charge >= 0.3 is 0 Å². The molecule has 1 atom stereocenters. The van der Waals surface area contributed by atoms with Crippen LogP contribution in [-0.4, -0.2) is 11.0 Å². The molecule has 4 heteroatoms. The number of hydrogen-bond donors (Lipinski definition) is 3. The zero-order chi connectivity index (χ0) is 13.2. The van der Waals surface area contributed by atoms with Crippen LogP contribution >= 0.6 is 0 Å². The Morgan fingerprint density at radius 1 is 1.11 bits per heavy atom. The van der Waals surface area contributed by atoms with Crippen LogP contribution in [0.2, 0.25) is 0 Å². The Labute approximate surface area is 111 Å². The fourth-order valence-electron chi connectivity index (χ4n) is 2.31. The summed E-state index contributed by atoms with van der Waals surface area (Å²) in [6, 6.07) is 14.6. The second-order valence-corrected chi connectivity index (χ2v) is 4.47. The van der Waals surface area contributed by atoms with Crippen LogP contribution in [-0.2, 0) is 11.4 Å². The predicted octanol–water partition coefficient (Wildman–Crippen LogP) is 2.28. The third-order valence-corrected chi connectivity index (χ3v) is 3.28. The average Bonchev–Trinajstić information content (AvgIpc) is 2.76. The molecule has 2 aromatic rings. The minimum Gasteiger partial charge on any atom is -0.392 e. The molecule has 0 saturated carbocycles. The van der Waals surface area contributed by atoms with Gasteiger partial charge in [-0.05, 0) is 12.1 Å². The van der Waals surface area contributed by atoms with Gasteiger partial charge in [0.1, 0.15) is 6.04 Å².